The Bertz CT molecular complexity index is 910. The van der Waals surface area contributed by atoms with Crippen LogP contribution in [0.25, 0.3) is 0 Å². The van der Waals surface area contributed by atoms with Crippen molar-refractivity contribution in [1.82, 2.24) is 5.32 Å². The van der Waals surface area contributed by atoms with Gasteiger partial charge in [-0.05, 0) is 36.1 Å². The fourth-order valence-corrected chi connectivity index (χ4v) is 4.23. The van der Waals surface area contributed by atoms with Gasteiger partial charge >= 0.3 is 5.97 Å². The van der Waals surface area contributed by atoms with Gasteiger partial charge in [0.05, 0.1) is 22.2 Å². The Morgan fingerprint density at radius 2 is 1.89 bits per heavy atom. The lowest BCUT2D eigenvalue weighted by atomic mass is 9.94. The minimum atomic E-state index is -1.12. The summed E-state index contributed by atoms with van der Waals surface area (Å²) >= 11 is 12.1. The number of halogens is 2. The van der Waals surface area contributed by atoms with Crippen LogP contribution in [0.3, 0.4) is 0 Å². The van der Waals surface area contributed by atoms with E-state index in [-0.39, 0.29) is 22.0 Å². The van der Waals surface area contributed by atoms with E-state index >= 15 is 0 Å². The van der Waals surface area contributed by atoms with Gasteiger partial charge in [-0.15, -0.1) is 0 Å². The van der Waals surface area contributed by atoms with Crippen molar-refractivity contribution >= 4 is 35.1 Å². The summed E-state index contributed by atoms with van der Waals surface area (Å²) in [6.45, 7) is 0.714. The Hall–Kier alpha value is -2.24. The number of carboxylic acids is 1. The third-order valence-corrected chi connectivity index (χ3v) is 5.75. The molecule has 1 fully saturated rings. The van der Waals surface area contributed by atoms with Crippen molar-refractivity contribution in [2.24, 2.45) is 5.92 Å². The molecule has 5 nitrogen and oxygen atoms in total. The first-order valence-corrected chi connectivity index (χ1v) is 9.43. The van der Waals surface area contributed by atoms with E-state index in [9.17, 15) is 14.7 Å². The maximum atomic E-state index is 12.6. The quantitative estimate of drug-likeness (QED) is 0.790. The Labute approximate surface area is 166 Å². The second kappa shape index (κ2) is 7.06. The number of rotatable bonds is 5. The van der Waals surface area contributed by atoms with Gasteiger partial charge in [-0.2, -0.15) is 0 Å². The van der Waals surface area contributed by atoms with Gasteiger partial charge in [0, 0.05) is 17.9 Å². The highest BCUT2D eigenvalue weighted by atomic mass is 35.5. The Balaban J connectivity index is 1.58. The number of carbonyl (C=O) groups excluding carboxylic acids is 1. The molecule has 2 aromatic rings. The molecule has 0 bridgehead atoms. The van der Waals surface area contributed by atoms with Crippen LogP contribution >= 0.6 is 23.2 Å². The Morgan fingerprint density at radius 3 is 2.59 bits per heavy atom. The average Bonchev–Trinajstić information content (AvgIpc) is 3.40. The van der Waals surface area contributed by atoms with Gasteiger partial charge in [0.2, 0.25) is 0 Å². The van der Waals surface area contributed by atoms with Crippen LogP contribution in [0.15, 0.2) is 36.4 Å². The highest BCUT2D eigenvalue weighted by Crippen LogP contribution is 2.54. The van der Waals surface area contributed by atoms with E-state index < -0.39 is 17.9 Å². The highest BCUT2D eigenvalue weighted by molar-refractivity contribution is 6.39. The maximum Gasteiger partial charge on any atom is 0.326 e. The van der Waals surface area contributed by atoms with Crippen molar-refractivity contribution in [2.75, 3.05) is 6.61 Å². The Morgan fingerprint density at radius 1 is 1.19 bits per heavy atom. The molecule has 140 valence electrons. The number of amides is 1. The second-order valence-corrected chi connectivity index (χ2v) is 7.72. The SMILES string of the molecule is O=C(NC(Cc1cccc2c1C1CC1CO2)C(=O)O)c1c(Cl)cccc1Cl. The lowest BCUT2D eigenvalue weighted by molar-refractivity contribution is -0.139. The van der Waals surface area contributed by atoms with Crippen LogP contribution in [0.5, 0.6) is 5.75 Å². The van der Waals surface area contributed by atoms with Crippen molar-refractivity contribution in [1.29, 1.82) is 0 Å². The Kier molecular flexibility index (Phi) is 4.74. The van der Waals surface area contributed by atoms with Gasteiger partial charge in [0.1, 0.15) is 11.8 Å². The number of carbonyl (C=O) groups is 2. The largest absolute Gasteiger partial charge is 0.493 e. The predicted molar refractivity (Wildman–Crippen MR) is 102 cm³/mol. The third kappa shape index (κ3) is 3.49. The molecule has 1 aliphatic carbocycles. The normalized spacial score (nSPS) is 20.7. The summed E-state index contributed by atoms with van der Waals surface area (Å²) in [5, 5.41) is 12.5. The van der Waals surface area contributed by atoms with E-state index in [0.717, 1.165) is 23.3 Å². The number of fused-ring (bicyclic) bond motifs is 3. The minimum Gasteiger partial charge on any atom is -0.493 e. The van der Waals surface area contributed by atoms with E-state index in [1.165, 1.54) is 12.1 Å². The number of aliphatic carboxylic acids is 1. The van der Waals surface area contributed by atoms with Gasteiger partial charge in [-0.1, -0.05) is 41.4 Å². The molecule has 2 aromatic carbocycles. The van der Waals surface area contributed by atoms with Crippen LogP contribution in [-0.2, 0) is 11.2 Å². The van der Waals surface area contributed by atoms with E-state index in [0.29, 0.717) is 18.4 Å². The number of nitrogens with one attached hydrogen (secondary N) is 1. The van der Waals surface area contributed by atoms with Crippen LogP contribution in [-0.4, -0.2) is 29.6 Å². The fraction of sp³-hybridized carbons (Fsp3) is 0.300. The van der Waals surface area contributed by atoms with Crippen LogP contribution in [0.1, 0.15) is 33.8 Å². The molecule has 3 unspecified atom stereocenters. The number of hydrogen-bond donors (Lipinski definition) is 2. The first-order valence-electron chi connectivity index (χ1n) is 8.68. The van der Waals surface area contributed by atoms with E-state index in [4.69, 9.17) is 27.9 Å². The molecule has 3 atom stereocenters. The topological polar surface area (TPSA) is 75.6 Å². The summed E-state index contributed by atoms with van der Waals surface area (Å²) < 4.78 is 5.77. The van der Waals surface area contributed by atoms with Crippen LogP contribution < -0.4 is 10.1 Å². The van der Waals surface area contributed by atoms with Crippen molar-refractivity contribution < 1.29 is 19.4 Å². The van der Waals surface area contributed by atoms with E-state index in [1.54, 1.807) is 6.07 Å². The van der Waals surface area contributed by atoms with Crippen molar-refractivity contribution in [3.63, 3.8) is 0 Å². The number of carboxylic acid groups (broad SMARTS) is 1. The molecule has 0 spiro atoms. The molecule has 2 aliphatic rings. The van der Waals surface area contributed by atoms with E-state index in [1.807, 2.05) is 18.2 Å². The zero-order chi connectivity index (χ0) is 19.1. The highest BCUT2D eigenvalue weighted by Gasteiger charge is 2.45. The average molecular weight is 406 g/mol. The van der Waals surface area contributed by atoms with Crippen molar-refractivity contribution in [3.8, 4) is 5.75 Å². The smallest absolute Gasteiger partial charge is 0.326 e. The molecule has 0 aromatic heterocycles. The van der Waals surface area contributed by atoms with Gasteiger partial charge in [-0.3, -0.25) is 4.79 Å². The zero-order valence-electron chi connectivity index (χ0n) is 14.2. The molecule has 0 saturated heterocycles. The lowest BCUT2D eigenvalue weighted by Crippen LogP contribution is -2.42. The van der Waals surface area contributed by atoms with Gasteiger partial charge < -0.3 is 15.2 Å². The standard InChI is InChI=1S/C20H17Cl2NO4/c21-13-4-2-5-14(22)18(13)19(24)23-15(20(25)26)8-10-3-1-6-16-17(10)12-7-11(12)9-27-16/h1-6,11-12,15H,7-9H2,(H,23,24)(H,25,26). The summed E-state index contributed by atoms with van der Waals surface area (Å²) in [5.74, 6) is 0.0268. The molecular formula is C20H17Cl2NO4. The summed E-state index contributed by atoms with van der Waals surface area (Å²) in [6.07, 6.45) is 1.22. The molecule has 2 N–H and O–H groups in total. The van der Waals surface area contributed by atoms with Gasteiger partial charge in [-0.25, -0.2) is 4.79 Å². The summed E-state index contributed by atoms with van der Waals surface area (Å²) in [4.78, 5) is 24.4. The zero-order valence-corrected chi connectivity index (χ0v) is 15.8. The number of hydrogen-bond acceptors (Lipinski definition) is 3. The number of benzene rings is 2. The fourth-order valence-electron chi connectivity index (χ4n) is 3.66. The first-order chi connectivity index (χ1) is 13.0. The van der Waals surface area contributed by atoms with Gasteiger partial charge in [0.25, 0.3) is 5.91 Å². The molecule has 0 radical (unpaired) electrons. The van der Waals surface area contributed by atoms with E-state index in [2.05, 4.69) is 5.32 Å². The van der Waals surface area contributed by atoms with Crippen LogP contribution in [0.4, 0.5) is 0 Å². The molecule has 27 heavy (non-hydrogen) atoms. The number of ether oxygens (including phenoxy) is 1. The lowest BCUT2D eigenvalue weighted by Gasteiger charge is -2.22. The molecule has 1 amide bonds. The van der Waals surface area contributed by atoms with Crippen LogP contribution in [0, 0.1) is 5.92 Å². The van der Waals surface area contributed by atoms with Crippen LogP contribution in [0.2, 0.25) is 10.0 Å². The van der Waals surface area contributed by atoms with Crippen molar-refractivity contribution in [3.05, 3.63) is 63.1 Å². The summed E-state index contributed by atoms with van der Waals surface area (Å²) in [7, 11) is 0. The molecule has 4 rings (SSSR count). The maximum absolute atomic E-state index is 12.6. The monoisotopic (exact) mass is 405 g/mol. The molecule has 7 heteroatoms. The molecule has 1 saturated carbocycles. The summed E-state index contributed by atoms with van der Waals surface area (Å²) in [5.41, 5.74) is 2.04. The van der Waals surface area contributed by atoms with Gasteiger partial charge in [0.15, 0.2) is 0 Å². The second-order valence-electron chi connectivity index (χ2n) is 6.91. The third-order valence-electron chi connectivity index (χ3n) is 5.12. The molecular weight excluding hydrogens is 389 g/mol. The minimum absolute atomic E-state index is 0.0766. The first kappa shape index (κ1) is 18.1. The molecule has 1 aliphatic heterocycles. The van der Waals surface area contributed by atoms with Crippen molar-refractivity contribution in [2.45, 2.75) is 24.8 Å². The molecule has 1 heterocycles. The summed E-state index contributed by atoms with van der Waals surface area (Å²) in [6, 6.07) is 9.25. The predicted octanol–water partition coefficient (Wildman–Crippen LogP) is 3.92.